The lowest BCUT2D eigenvalue weighted by atomic mass is 9.80. The van der Waals surface area contributed by atoms with Crippen LogP contribution in [-0.2, 0) is 0 Å². The summed E-state index contributed by atoms with van der Waals surface area (Å²) in [6, 6.07) is 2.04. The molecular weight excluding hydrogens is 240 g/mol. The SMILES string of the molecule is Cc1cc(C(O)C2CCC(C)CC2)sc1Cl. The van der Waals surface area contributed by atoms with Gasteiger partial charge in [-0.1, -0.05) is 31.4 Å². The van der Waals surface area contributed by atoms with Gasteiger partial charge in [-0.05, 0) is 43.2 Å². The Morgan fingerprint density at radius 2 is 2.00 bits per heavy atom. The molecule has 1 aliphatic carbocycles. The average molecular weight is 259 g/mol. The number of aliphatic hydroxyl groups excluding tert-OH is 1. The Labute approximate surface area is 106 Å². The summed E-state index contributed by atoms with van der Waals surface area (Å²) in [5.41, 5.74) is 1.09. The van der Waals surface area contributed by atoms with Gasteiger partial charge in [0.25, 0.3) is 0 Å². The predicted molar refractivity (Wildman–Crippen MR) is 70.1 cm³/mol. The highest BCUT2D eigenvalue weighted by molar-refractivity contribution is 7.16. The van der Waals surface area contributed by atoms with Crippen LogP contribution in [0.5, 0.6) is 0 Å². The first-order chi connectivity index (χ1) is 7.58. The second-order valence-electron chi connectivity index (χ2n) is 5.07. The zero-order valence-electron chi connectivity index (χ0n) is 9.87. The van der Waals surface area contributed by atoms with E-state index in [1.165, 1.54) is 24.2 Å². The standard InChI is InChI=1S/C13H19ClOS/c1-8-3-5-10(6-4-8)12(15)11-7-9(2)13(14)16-11/h7-8,10,12,15H,3-6H2,1-2H3. The highest BCUT2D eigenvalue weighted by atomic mass is 35.5. The summed E-state index contributed by atoms with van der Waals surface area (Å²) in [4.78, 5) is 1.04. The highest BCUT2D eigenvalue weighted by Gasteiger charge is 2.26. The predicted octanol–water partition coefficient (Wildman–Crippen LogP) is 4.57. The van der Waals surface area contributed by atoms with E-state index >= 15 is 0 Å². The molecule has 0 aromatic carbocycles. The minimum absolute atomic E-state index is 0.302. The molecule has 0 amide bonds. The van der Waals surface area contributed by atoms with Crippen LogP contribution in [0.3, 0.4) is 0 Å². The van der Waals surface area contributed by atoms with Crippen LogP contribution in [-0.4, -0.2) is 5.11 Å². The molecule has 3 heteroatoms. The first-order valence-corrected chi connectivity index (χ1v) is 7.21. The minimum Gasteiger partial charge on any atom is -0.387 e. The van der Waals surface area contributed by atoms with Gasteiger partial charge in [0.05, 0.1) is 10.4 Å². The number of aryl methyl sites for hydroxylation is 1. The van der Waals surface area contributed by atoms with E-state index in [-0.39, 0.29) is 6.10 Å². The van der Waals surface area contributed by atoms with Crippen LogP contribution in [0.15, 0.2) is 6.07 Å². The summed E-state index contributed by atoms with van der Waals surface area (Å²) < 4.78 is 0.818. The molecule has 1 aliphatic rings. The molecule has 0 aliphatic heterocycles. The third-order valence-electron chi connectivity index (χ3n) is 3.67. The number of thiophene rings is 1. The lowest BCUT2D eigenvalue weighted by Gasteiger charge is -2.29. The van der Waals surface area contributed by atoms with Gasteiger partial charge in [0.15, 0.2) is 0 Å². The van der Waals surface area contributed by atoms with E-state index in [2.05, 4.69) is 6.92 Å². The number of hydrogen-bond acceptors (Lipinski definition) is 2. The second kappa shape index (κ2) is 5.07. The molecule has 16 heavy (non-hydrogen) atoms. The van der Waals surface area contributed by atoms with Crippen molar-refractivity contribution in [3.63, 3.8) is 0 Å². The maximum atomic E-state index is 10.3. The van der Waals surface area contributed by atoms with Gasteiger partial charge in [-0.25, -0.2) is 0 Å². The summed E-state index contributed by atoms with van der Waals surface area (Å²) in [6.07, 6.45) is 4.50. The Balaban J connectivity index is 2.04. The van der Waals surface area contributed by atoms with Crippen LogP contribution in [0.4, 0.5) is 0 Å². The van der Waals surface area contributed by atoms with E-state index < -0.39 is 0 Å². The zero-order valence-corrected chi connectivity index (χ0v) is 11.4. The highest BCUT2D eigenvalue weighted by Crippen LogP contribution is 2.40. The second-order valence-corrected chi connectivity index (χ2v) is 6.76. The van der Waals surface area contributed by atoms with Gasteiger partial charge in [0.1, 0.15) is 0 Å². The van der Waals surface area contributed by atoms with Gasteiger partial charge < -0.3 is 5.11 Å². The largest absolute Gasteiger partial charge is 0.387 e. The molecule has 1 fully saturated rings. The molecule has 1 heterocycles. The number of hydrogen-bond donors (Lipinski definition) is 1. The van der Waals surface area contributed by atoms with E-state index in [0.29, 0.717) is 5.92 Å². The van der Waals surface area contributed by atoms with Gasteiger partial charge in [0.2, 0.25) is 0 Å². The monoisotopic (exact) mass is 258 g/mol. The van der Waals surface area contributed by atoms with E-state index in [0.717, 1.165) is 33.5 Å². The van der Waals surface area contributed by atoms with Crippen molar-refractivity contribution in [2.75, 3.05) is 0 Å². The maximum absolute atomic E-state index is 10.3. The van der Waals surface area contributed by atoms with E-state index in [4.69, 9.17) is 11.6 Å². The molecule has 1 unspecified atom stereocenters. The van der Waals surface area contributed by atoms with Crippen molar-refractivity contribution >= 4 is 22.9 Å². The first kappa shape index (κ1) is 12.4. The average Bonchev–Trinajstić information content (AvgIpc) is 2.59. The van der Waals surface area contributed by atoms with E-state index in [1.54, 1.807) is 0 Å². The van der Waals surface area contributed by atoms with Crippen molar-refractivity contribution in [1.82, 2.24) is 0 Å². The first-order valence-electron chi connectivity index (χ1n) is 6.02. The Morgan fingerprint density at radius 3 is 2.50 bits per heavy atom. The van der Waals surface area contributed by atoms with Crippen LogP contribution < -0.4 is 0 Å². The summed E-state index contributed by atoms with van der Waals surface area (Å²) in [5.74, 6) is 1.27. The Hall–Kier alpha value is -0.0500. The molecule has 1 saturated carbocycles. The van der Waals surface area contributed by atoms with Crippen molar-refractivity contribution in [1.29, 1.82) is 0 Å². The number of rotatable bonds is 2. The van der Waals surface area contributed by atoms with Gasteiger partial charge in [-0.3, -0.25) is 0 Å². The van der Waals surface area contributed by atoms with Crippen molar-refractivity contribution in [2.24, 2.45) is 11.8 Å². The maximum Gasteiger partial charge on any atom is 0.0961 e. The summed E-state index contributed by atoms with van der Waals surface area (Å²) in [6.45, 7) is 4.30. The lowest BCUT2D eigenvalue weighted by molar-refractivity contribution is 0.0784. The molecule has 1 N–H and O–H groups in total. The van der Waals surface area contributed by atoms with Gasteiger partial charge in [0, 0.05) is 4.88 Å². The lowest BCUT2D eigenvalue weighted by Crippen LogP contribution is -2.18. The van der Waals surface area contributed by atoms with Crippen LogP contribution in [0.25, 0.3) is 0 Å². The van der Waals surface area contributed by atoms with Crippen LogP contribution in [0.2, 0.25) is 4.34 Å². The molecule has 2 rings (SSSR count). The third-order valence-corrected chi connectivity index (χ3v) is 5.30. The third kappa shape index (κ3) is 2.61. The number of aliphatic hydroxyl groups is 1. The van der Waals surface area contributed by atoms with E-state index in [1.807, 2.05) is 13.0 Å². The molecular formula is C13H19ClOS. The van der Waals surface area contributed by atoms with Gasteiger partial charge in [-0.2, -0.15) is 0 Å². The van der Waals surface area contributed by atoms with Gasteiger partial charge in [-0.15, -0.1) is 11.3 Å². The quantitative estimate of drug-likeness (QED) is 0.824. The Bertz CT molecular complexity index is 333. The van der Waals surface area contributed by atoms with Crippen molar-refractivity contribution in [3.8, 4) is 0 Å². The molecule has 1 aromatic heterocycles. The van der Waals surface area contributed by atoms with Crippen LogP contribution in [0.1, 0.15) is 49.2 Å². The van der Waals surface area contributed by atoms with Crippen molar-refractivity contribution < 1.29 is 5.11 Å². The molecule has 0 spiro atoms. The minimum atomic E-state index is -0.302. The molecule has 90 valence electrons. The van der Waals surface area contributed by atoms with Gasteiger partial charge >= 0.3 is 0 Å². The fourth-order valence-electron chi connectivity index (χ4n) is 2.46. The van der Waals surface area contributed by atoms with Crippen molar-refractivity contribution in [2.45, 2.75) is 45.6 Å². The Morgan fingerprint density at radius 1 is 1.38 bits per heavy atom. The summed E-state index contributed by atoms with van der Waals surface area (Å²) >= 11 is 7.58. The molecule has 1 aromatic rings. The molecule has 0 bridgehead atoms. The normalized spacial score (nSPS) is 28.0. The number of halogens is 1. The smallest absolute Gasteiger partial charge is 0.0961 e. The zero-order chi connectivity index (χ0) is 11.7. The molecule has 0 saturated heterocycles. The van der Waals surface area contributed by atoms with Crippen molar-refractivity contribution in [3.05, 3.63) is 20.8 Å². The summed E-state index contributed by atoms with van der Waals surface area (Å²) in [5, 5.41) is 10.3. The fraction of sp³-hybridized carbons (Fsp3) is 0.692. The van der Waals surface area contributed by atoms with Crippen LogP contribution in [0, 0.1) is 18.8 Å². The molecule has 1 atom stereocenters. The Kier molecular flexibility index (Phi) is 3.93. The van der Waals surface area contributed by atoms with Crippen LogP contribution >= 0.6 is 22.9 Å². The topological polar surface area (TPSA) is 20.2 Å². The molecule has 1 nitrogen and oxygen atoms in total. The fourth-order valence-corrected chi connectivity index (χ4v) is 3.76. The summed E-state index contributed by atoms with van der Waals surface area (Å²) in [7, 11) is 0. The molecule has 0 radical (unpaired) electrons. The van der Waals surface area contributed by atoms with E-state index in [9.17, 15) is 5.11 Å².